The van der Waals surface area contributed by atoms with E-state index in [1.54, 1.807) is 0 Å². The second kappa shape index (κ2) is 12.5. The predicted molar refractivity (Wildman–Crippen MR) is 130 cm³/mol. The van der Waals surface area contributed by atoms with Gasteiger partial charge in [-0.25, -0.2) is 0 Å². The normalized spacial score (nSPS) is 17.4. The smallest absolute Gasteiger partial charge is 0.323 e. The molecule has 169 valence electrons. The molecule has 6 heteroatoms. The fourth-order valence-corrected chi connectivity index (χ4v) is 5.19. The Bertz CT molecular complexity index is 773. The summed E-state index contributed by atoms with van der Waals surface area (Å²) in [5.41, 5.74) is 2.20. The minimum atomic E-state index is -1.78. The molecule has 5 radical (unpaired) electrons. The van der Waals surface area contributed by atoms with Crippen molar-refractivity contribution in [2.45, 2.75) is 38.1 Å². The number of nitrogens with one attached hydrogen (secondary N) is 2. The Balaban J connectivity index is 1.87. The molecule has 32 heavy (non-hydrogen) atoms. The van der Waals surface area contributed by atoms with E-state index in [4.69, 9.17) is 4.74 Å². The minimum Gasteiger partial charge on any atom is -0.468 e. The first-order chi connectivity index (χ1) is 15.5. The SMILES string of the molecule is COC(=O)[C@H](CC(C)C)NP(O)C(NC(c1ccccc1)c1ccccc1)[C]1[CH][CH][CH][CH]1. The van der Waals surface area contributed by atoms with Crippen molar-refractivity contribution in [3.8, 4) is 0 Å². The van der Waals surface area contributed by atoms with Gasteiger partial charge in [-0.1, -0.05) is 74.5 Å². The first kappa shape index (κ1) is 24.9. The Morgan fingerprint density at radius 2 is 1.50 bits per heavy atom. The van der Waals surface area contributed by atoms with E-state index in [-0.39, 0.29) is 23.7 Å². The molecule has 1 aliphatic carbocycles. The van der Waals surface area contributed by atoms with Gasteiger partial charge in [-0.3, -0.25) is 15.2 Å². The molecule has 2 unspecified atom stereocenters. The minimum absolute atomic E-state index is 0.127. The molecule has 0 spiro atoms. The van der Waals surface area contributed by atoms with E-state index in [1.807, 2.05) is 75.9 Å². The van der Waals surface area contributed by atoms with Gasteiger partial charge in [0.1, 0.15) is 14.3 Å². The molecule has 0 heterocycles. The van der Waals surface area contributed by atoms with Crippen LogP contribution >= 0.6 is 8.30 Å². The monoisotopic (exact) mass is 451 g/mol. The second-order valence-electron chi connectivity index (χ2n) is 8.22. The van der Waals surface area contributed by atoms with E-state index in [0.717, 1.165) is 17.0 Å². The molecule has 3 N–H and O–H groups in total. The van der Waals surface area contributed by atoms with Crippen LogP contribution in [0.3, 0.4) is 0 Å². The van der Waals surface area contributed by atoms with Gasteiger partial charge in [0.2, 0.25) is 0 Å². The molecule has 0 aliphatic heterocycles. The van der Waals surface area contributed by atoms with Gasteiger partial charge in [0.25, 0.3) is 0 Å². The Kier molecular flexibility index (Phi) is 9.68. The summed E-state index contributed by atoms with van der Waals surface area (Å²) in [4.78, 5) is 23.7. The summed E-state index contributed by atoms with van der Waals surface area (Å²) in [6.07, 6.45) is 8.49. The van der Waals surface area contributed by atoms with Gasteiger partial charge < -0.3 is 9.63 Å². The number of hydrogen-bond acceptors (Lipinski definition) is 5. The molecule has 1 saturated carbocycles. The zero-order chi connectivity index (χ0) is 22.9. The van der Waals surface area contributed by atoms with Gasteiger partial charge in [0, 0.05) is 5.92 Å². The van der Waals surface area contributed by atoms with Crippen molar-refractivity contribution in [2.75, 3.05) is 7.11 Å². The second-order valence-corrected chi connectivity index (χ2v) is 9.68. The number of benzene rings is 2. The predicted octanol–water partition coefficient (Wildman–Crippen LogP) is 4.58. The quantitative estimate of drug-likeness (QED) is 0.345. The maximum atomic E-state index is 12.4. The van der Waals surface area contributed by atoms with E-state index in [9.17, 15) is 9.69 Å². The topological polar surface area (TPSA) is 70.6 Å². The third-order valence-corrected chi connectivity index (χ3v) is 6.83. The van der Waals surface area contributed by atoms with Crippen molar-refractivity contribution in [1.29, 1.82) is 0 Å². The number of hydrogen-bond donors (Lipinski definition) is 3. The molecular weight excluding hydrogens is 419 g/mol. The standard InChI is InChI=1S/C26H32N2O3P/c1-19(2)18-23(26(29)31-3)28-32(30)25(22-16-10-11-17-22)27-24(20-12-6-4-7-13-20)21-14-8-5-9-15-21/h4-17,19,23-25,27-28,30H,18H2,1-3H3/t23-,25?,32?/m0/s1. The molecule has 5 nitrogen and oxygen atoms in total. The van der Waals surface area contributed by atoms with Crippen LogP contribution in [0.2, 0.25) is 0 Å². The van der Waals surface area contributed by atoms with Crippen LogP contribution < -0.4 is 10.4 Å². The van der Waals surface area contributed by atoms with Gasteiger partial charge in [0.05, 0.1) is 18.9 Å². The van der Waals surface area contributed by atoms with Gasteiger partial charge in [-0.15, -0.1) is 0 Å². The molecule has 1 aliphatic rings. The zero-order valence-electron chi connectivity index (χ0n) is 18.8. The third kappa shape index (κ3) is 6.86. The van der Waals surface area contributed by atoms with Crippen LogP contribution in [0.15, 0.2) is 60.7 Å². The molecule has 0 aromatic heterocycles. The summed E-state index contributed by atoms with van der Waals surface area (Å²) in [7, 11) is -0.398. The largest absolute Gasteiger partial charge is 0.468 e. The Labute approximate surface area is 193 Å². The summed E-state index contributed by atoms with van der Waals surface area (Å²) in [6.45, 7) is 4.09. The van der Waals surface area contributed by atoms with Crippen LogP contribution in [-0.2, 0) is 9.53 Å². The fraction of sp³-hybridized carbons (Fsp3) is 0.308. The van der Waals surface area contributed by atoms with Gasteiger partial charge >= 0.3 is 5.97 Å². The summed E-state index contributed by atoms with van der Waals surface area (Å²) in [5, 5.41) is 6.85. The van der Waals surface area contributed by atoms with Crippen molar-refractivity contribution in [2.24, 2.45) is 5.92 Å². The summed E-state index contributed by atoms with van der Waals surface area (Å²) >= 11 is 0. The van der Waals surface area contributed by atoms with Gasteiger partial charge in [0.15, 0.2) is 0 Å². The summed E-state index contributed by atoms with van der Waals surface area (Å²) in [6, 6.07) is 19.7. The Hall–Kier alpha value is -1.78. The molecule has 0 amide bonds. The van der Waals surface area contributed by atoms with Gasteiger partial charge in [-0.2, -0.15) is 0 Å². The van der Waals surface area contributed by atoms with Crippen LogP contribution in [-0.4, -0.2) is 29.8 Å². The number of methoxy groups -OCH3 is 1. The van der Waals surface area contributed by atoms with E-state index in [1.165, 1.54) is 7.11 Å². The number of carbonyl (C=O) groups excluding carboxylic acids is 1. The lowest BCUT2D eigenvalue weighted by molar-refractivity contribution is -0.143. The molecule has 2 aromatic carbocycles. The molecule has 3 rings (SSSR count). The summed E-state index contributed by atoms with van der Waals surface area (Å²) in [5.74, 6) is 0.506. The first-order valence-electron chi connectivity index (χ1n) is 10.9. The van der Waals surface area contributed by atoms with Crippen molar-refractivity contribution in [3.05, 3.63) is 103 Å². The molecule has 1 fully saturated rings. The average Bonchev–Trinajstić information content (AvgIpc) is 3.34. The van der Waals surface area contributed by atoms with Crippen LogP contribution in [0.25, 0.3) is 0 Å². The fourth-order valence-electron chi connectivity index (χ4n) is 3.76. The third-order valence-electron chi connectivity index (χ3n) is 5.32. The lowest BCUT2D eigenvalue weighted by Crippen LogP contribution is -2.43. The number of carbonyl (C=O) groups is 1. The number of esters is 1. The molecular formula is C26H32N2O3P. The maximum Gasteiger partial charge on any atom is 0.323 e. The van der Waals surface area contributed by atoms with E-state index >= 15 is 0 Å². The van der Waals surface area contributed by atoms with Crippen LogP contribution in [0.1, 0.15) is 37.4 Å². The van der Waals surface area contributed by atoms with Crippen molar-refractivity contribution >= 4 is 14.3 Å². The van der Waals surface area contributed by atoms with E-state index in [2.05, 4.69) is 34.7 Å². The van der Waals surface area contributed by atoms with Crippen molar-refractivity contribution in [1.82, 2.24) is 10.4 Å². The van der Waals surface area contributed by atoms with Gasteiger partial charge in [-0.05, 0) is 49.1 Å². The molecule has 3 atom stereocenters. The lowest BCUT2D eigenvalue weighted by atomic mass is 9.97. The highest BCUT2D eigenvalue weighted by Crippen LogP contribution is 2.44. The molecule has 0 saturated heterocycles. The first-order valence-corrected chi connectivity index (χ1v) is 12.3. The van der Waals surface area contributed by atoms with Crippen LogP contribution in [0.4, 0.5) is 0 Å². The lowest BCUT2D eigenvalue weighted by Gasteiger charge is -2.34. The van der Waals surface area contributed by atoms with Crippen molar-refractivity contribution in [3.63, 3.8) is 0 Å². The Morgan fingerprint density at radius 3 is 1.97 bits per heavy atom. The van der Waals surface area contributed by atoms with E-state index < -0.39 is 14.3 Å². The Morgan fingerprint density at radius 1 is 0.969 bits per heavy atom. The zero-order valence-corrected chi connectivity index (χ0v) is 19.7. The maximum absolute atomic E-state index is 12.4. The van der Waals surface area contributed by atoms with Crippen molar-refractivity contribution < 1.29 is 14.4 Å². The molecule has 0 bridgehead atoms. The highest BCUT2D eigenvalue weighted by molar-refractivity contribution is 7.50. The molecule has 2 aromatic rings. The van der Waals surface area contributed by atoms with Crippen LogP contribution in [0.5, 0.6) is 0 Å². The number of ether oxygens (including phenoxy) is 1. The average molecular weight is 452 g/mol. The highest BCUT2D eigenvalue weighted by atomic mass is 31.2. The van der Waals surface area contributed by atoms with E-state index in [0.29, 0.717) is 6.42 Å². The van der Waals surface area contributed by atoms with Crippen LogP contribution in [0, 0.1) is 37.5 Å². The number of rotatable bonds is 11. The summed E-state index contributed by atoms with van der Waals surface area (Å²) < 4.78 is 4.98. The highest BCUT2D eigenvalue weighted by Gasteiger charge is 2.36.